The van der Waals surface area contributed by atoms with Crippen molar-refractivity contribution in [3.63, 3.8) is 0 Å². The van der Waals surface area contributed by atoms with Gasteiger partial charge in [-0.15, -0.1) is 11.3 Å². The summed E-state index contributed by atoms with van der Waals surface area (Å²) in [5.74, 6) is -2.64. The van der Waals surface area contributed by atoms with Gasteiger partial charge in [-0.2, -0.15) is 0 Å². The molecule has 0 fully saturated rings. The summed E-state index contributed by atoms with van der Waals surface area (Å²) in [7, 11) is 1.86. The summed E-state index contributed by atoms with van der Waals surface area (Å²) in [6.45, 7) is 2.08. The highest BCUT2D eigenvalue weighted by Gasteiger charge is 2.17. The fraction of sp³-hybridized carbons (Fsp3) is 0.333. The molecular formula is C15H16F3NS. The van der Waals surface area contributed by atoms with Crippen LogP contribution in [0.25, 0.3) is 10.4 Å². The fourth-order valence-corrected chi connectivity index (χ4v) is 3.37. The largest absolute Gasteiger partial charge is 0.312 e. The molecule has 0 radical (unpaired) electrons. The summed E-state index contributed by atoms with van der Waals surface area (Å²) < 4.78 is 40.4. The van der Waals surface area contributed by atoms with E-state index in [1.54, 1.807) is 6.07 Å². The van der Waals surface area contributed by atoms with Crippen LogP contribution in [0.5, 0.6) is 0 Å². The van der Waals surface area contributed by atoms with Crippen molar-refractivity contribution in [1.82, 2.24) is 5.32 Å². The summed E-state index contributed by atoms with van der Waals surface area (Å²) in [5, 5.41) is 3.19. The van der Waals surface area contributed by atoms with Crippen molar-refractivity contribution in [2.45, 2.75) is 25.8 Å². The maximum atomic E-state index is 13.7. The van der Waals surface area contributed by atoms with E-state index in [0.717, 1.165) is 17.7 Å². The van der Waals surface area contributed by atoms with E-state index >= 15 is 0 Å². The Bertz CT molecular complexity index is 572. The van der Waals surface area contributed by atoms with Crippen molar-refractivity contribution in [3.05, 3.63) is 46.6 Å². The smallest absolute Gasteiger partial charge is 0.137 e. The Morgan fingerprint density at radius 2 is 1.80 bits per heavy atom. The third kappa shape index (κ3) is 3.04. The number of hydrogen-bond donors (Lipinski definition) is 1. The average molecular weight is 299 g/mol. The highest BCUT2D eigenvalue weighted by atomic mass is 32.1. The fourth-order valence-electron chi connectivity index (χ4n) is 2.17. The summed E-state index contributed by atoms with van der Waals surface area (Å²) >= 11 is 1.33. The van der Waals surface area contributed by atoms with Gasteiger partial charge in [-0.05, 0) is 25.6 Å². The number of thiophene rings is 1. The zero-order chi connectivity index (χ0) is 14.7. The topological polar surface area (TPSA) is 12.0 Å². The lowest BCUT2D eigenvalue weighted by molar-refractivity contribution is 0.548. The molecule has 108 valence electrons. The van der Waals surface area contributed by atoms with Crippen LogP contribution in [0, 0.1) is 17.5 Å². The second kappa shape index (κ2) is 6.41. The molecule has 0 aliphatic carbocycles. The summed E-state index contributed by atoms with van der Waals surface area (Å²) in [6.07, 6.45) is 1.96. The quantitative estimate of drug-likeness (QED) is 0.828. The highest BCUT2D eigenvalue weighted by Crippen LogP contribution is 2.35. The Hall–Kier alpha value is -1.33. The van der Waals surface area contributed by atoms with Crippen LogP contribution >= 0.6 is 11.3 Å². The molecular weight excluding hydrogens is 283 g/mol. The van der Waals surface area contributed by atoms with Gasteiger partial charge in [0, 0.05) is 27.9 Å². The van der Waals surface area contributed by atoms with Gasteiger partial charge in [0.1, 0.15) is 17.5 Å². The molecule has 0 aliphatic heterocycles. The van der Waals surface area contributed by atoms with Gasteiger partial charge in [0.05, 0.1) is 5.56 Å². The Labute approximate surface area is 120 Å². The molecule has 1 N–H and O–H groups in total. The maximum Gasteiger partial charge on any atom is 0.137 e. The van der Waals surface area contributed by atoms with Crippen molar-refractivity contribution in [3.8, 4) is 10.4 Å². The molecule has 1 aromatic carbocycles. The molecule has 2 aromatic rings. The van der Waals surface area contributed by atoms with Gasteiger partial charge >= 0.3 is 0 Å². The minimum absolute atomic E-state index is 0.158. The Kier molecular flexibility index (Phi) is 4.83. The molecule has 0 spiro atoms. The van der Waals surface area contributed by atoms with Crippen LogP contribution in [0.1, 0.15) is 30.7 Å². The van der Waals surface area contributed by atoms with Crippen molar-refractivity contribution < 1.29 is 13.2 Å². The molecule has 1 heterocycles. The van der Waals surface area contributed by atoms with Gasteiger partial charge in [0.2, 0.25) is 0 Å². The van der Waals surface area contributed by atoms with Crippen LogP contribution < -0.4 is 5.32 Å². The SMILES string of the molecule is CCCC(NC)c1ccc(-c2c(F)cc(F)cc2F)s1. The zero-order valence-corrected chi connectivity index (χ0v) is 12.2. The third-order valence-corrected chi connectivity index (χ3v) is 4.37. The molecule has 1 unspecified atom stereocenters. The van der Waals surface area contributed by atoms with Crippen LogP contribution in [0.3, 0.4) is 0 Å². The van der Waals surface area contributed by atoms with Crippen LogP contribution in [0.15, 0.2) is 24.3 Å². The minimum Gasteiger partial charge on any atom is -0.312 e. The average Bonchev–Trinajstić information content (AvgIpc) is 2.84. The molecule has 0 amide bonds. The zero-order valence-electron chi connectivity index (χ0n) is 11.3. The molecule has 2 rings (SSSR count). The molecule has 0 aliphatic rings. The van der Waals surface area contributed by atoms with E-state index in [2.05, 4.69) is 12.2 Å². The normalized spacial score (nSPS) is 12.7. The Balaban J connectivity index is 2.38. The van der Waals surface area contributed by atoms with Gasteiger partial charge in [-0.1, -0.05) is 13.3 Å². The van der Waals surface area contributed by atoms with E-state index < -0.39 is 17.5 Å². The van der Waals surface area contributed by atoms with E-state index in [1.165, 1.54) is 11.3 Å². The van der Waals surface area contributed by atoms with Gasteiger partial charge in [-0.25, -0.2) is 13.2 Å². The van der Waals surface area contributed by atoms with E-state index in [0.29, 0.717) is 17.0 Å². The predicted molar refractivity (Wildman–Crippen MR) is 76.3 cm³/mol. The summed E-state index contributed by atoms with van der Waals surface area (Å²) in [6, 6.07) is 5.13. The van der Waals surface area contributed by atoms with E-state index in [-0.39, 0.29) is 11.6 Å². The van der Waals surface area contributed by atoms with E-state index in [9.17, 15) is 13.2 Å². The molecule has 1 nitrogen and oxygen atoms in total. The van der Waals surface area contributed by atoms with E-state index in [4.69, 9.17) is 0 Å². The monoisotopic (exact) mass is 299 g/mol. The van der Waals surface area contributed by atoms with Crippen molar-refractivity contribution in [2.24, 2.45) is 0 Å². The van der Waals surface area contributed by atoms with Gasteiger partial charge in [-0.3, -0.25) is 0 Å². The lowest BCUT2D eigenvalue weighted by atomic mass is 10.1. The molecule has 0 saturated carbocycles. The lowest BCUT2D eigenvalue weighted by Crippen LogP contribution is -2.14. The molecule has 0 bridgehead atoms. The third-order valence-electron chi connectivity index (χ3n) is 3.15. The number of halogens is 3. The van der Waals surface area contributed by atoms with Crippen LogP contribution in [0.2, 0.25) is 0 Å². The van der Waals surface area contributed by atoms with Crippen LogP contribution in [-0.4, -0.2) is 7.05 Å². The number of rotatable bonds is 5. The molecule has 0 saturated heterocycles. The van der Waals surface area contributed by atoms with E-state index in [1.807, 2.05) is 13.1 Å². The first-order chi connectivity index (χ1) is 9.56. The molecule has 20 heavy (non-hydrogen) atoms. The Morgan fingerprint density at radius 1 is 1.15 bits per heavy atom. The first-order valence-electron chi connectivity index (χ1n) is 6.48. The van der Waals surface area contributed by atoms with Crippen LogP contribution in [0.4, 0.5) is 13.2 Å². The summed E-state index contributed by atoms with van der Waals surface area (Å²) in [5.41, 5.74) is -0.158. The van der Waals surface area contributed by atoms with Gasteiger partial charge < -0.3 is 5.32 Å². The number of hydrogen-bond acceptors (Lipinski definition) is 2. The van der Waals surface area contributed by atoms with Gasteiger partial charge in [0.25, 0.3) is 0 Å². The second-order valence-electron chi connectivity index (χ2n) is 4.58. The first kappa shape index (κ1) is 15.1. The minimum atomic E-state index is -0.903. The maximum absolute atomic E-state index is 13.7. The first-order valence-corrected chi connectivity index (χ1v) is 7.30. The van der Waals surface area contributed by atoms with Gasteiger partial charge in [0.15, 0.2) is 0 Å². The highest BCUT2D eigenvalue weighted by molar-refractivity contribution is 7.15. The molecule has 1 atom stereocenters. The Morgan fingerprint density at radius 3 is 2.35 bits per heavy atom. The number of benzene rings is 1. The van der Waals surface area contributed by atoms with Crippen molar-refractivity contribution >= 4 is 11.3 Å². The van der Waals surface area contributed by atoms with Crippen molar-refractivity contribution in [2.75, 3.05) is 7.05 Å². The van der Waals surface area contributed by atoms with Crippen LogP contribution in [-0.2, 0) is 0 Å². The summed E-state index contributed by atoms with van der Waals surface area (Å²) in [4.78, 5) is 1.50. The lowest BCUT2D eigenvalue weighted by Gasteiger charge is -2.12. The molecule has 5 heteroatoms. The van der Waals surface area contributed by atoms with Crippen molar-refractivity contribution in [1.29, 1.82) is 0 Å². The standard InChI is InChI=1S/C15H16F3NS/c1-3-4-12(19-2)13-5-6-14(20-13)15-10(17)7-9(16)8-11(15)18/h5-8,12,19H,3-4H2,1-2H3. The number of nitrogens with one attached hydrogen (secondary N) is 1. The second-order valence-corrected chi connectivity index (χ2v) is 5.69. The molecule has 1 aromatic heterocycles. The predicted octanol–water partition coefficient (Wildman–Crippen LogP) is 4.89.